The number of hydrogen-bond donors (Lipinski definition) is 0. The third-order valence-corrected chi connectivity index (χ3v) is 1.73. The summed E-state index contributed by atoms with van der Waals surface area (Å²) in [6.07, 6.45) is 3.49. The Kier molecular flexibility index (Phi) is 3.56. The quantitative estimate of drug-likeness (QED) is 0.689. The van der Waals surface area contributed by atoms with Gasteiger partial charge in [-0.15, -0.1) is 0 Å². The van der Waals surface area contributed by atoms with Crippen LogP contribution in [0.4, 0.5) is 0 Å². The first kappa shape index (κ1) is 10.6. The molecular formula is C10H14N2O2. The van der Waals surface area contributed by atoms with Crippen molar-refractivity contribution in [2.75, 3.05) is 0 Å². The van der Waals surface area contributed by atoms with Gasteiger partial charge in [0.1, 0.15) is 0 Å². The molecular weight excluding hydrogens is 180 g/mol. The third kappa shape index (κ3) is 2.80. The molecule has 0 aliphatic rings. The van der Waals surface area contributed by atoms with E-state index in [0.29, 0.717) is 18.1 Å². The molecule has 1 heterocycles. The maximum atomic E-state index is 10.9. The zero-order chi connectivity index (χ0) is 10.6. The number of ketones is 1. The smallest absolute Gasteiger partial charge is 0.250 e. The van der Waals surface area contributed by atoms with Crippen molar-refractivity contribution in [2.45, 2.75) is 33.1 Å². The molecule has 0 radical (unpaired) electrons. The average molecular weight is 194 g/mol. The fourth-order valence-corrected chi connectivity index (χ4v) is 0.832. The van der Waals surface area contributed by atoms with Crippen LogP contribution in [0.2, 0.25) is 0 Å². The predicted molar refractivity (Wildman–Crippen MR) is 52.7 cm³/mol. The van der Waals surface area contributed by atoms with Gasteiger partial charge in [0.15, 0.2) is 11.6 Å². The van der Waals surface area contributed by atoms with Gasteiger partial charge < -0.3 is 4.52 Å². The minimum atomic E-state index is 0.0503. The number of allylic oxidation sites excluding steroid dienone is 1. The molecule has 0 aliphatic carbocycles. The molecule has 76 valence electrons. The number of carbonyl (C=O) groups is 1. The summed E-state index contributed by atoms with van der Waals surface area (Å²) in [6.45, 7) is 5.77. The standard InChI is InChI=1S/C10H14N2O2/c1-4-8(13)5-6-9-11-10(7(2)3)12-14-9/h5-7H,4H2,1-3H3/b6-5+. The van der Waals surface area contributed by atoms with Crippen LogP contribution in [0, 0.1) is 0 Å². The van der Waals surface area contributed by atoms with E-state index in [4.69, 9.17) is 4.52 Å². The van der Waals surface area contributed by atoms with Crippen LogP contribution < -0.4 is 0 Å². The normalized spacial score (nSPS) is 11.4. The largest absolute Gasteiger partial charge is 0.335 e. The highest BCUT2D eigenvalue weighted by atomic mass is 16.5. The van der Waals surface area contributed by atoms with Gasteiger partial charge in [0.25, 0.3) is 5.89 Å². The van der Waals surface area contributed by atoms with Crippen molar-refractivity contribution in [3.63, 3.8) is 0 Å². The van der Waals surface area contributed by atoms with Crippen LogP contribution in [0.15, 0.2) is 10.6 Å². The molecule has 0 spiro atoms. The second-order valence-corrected chi connectivity index (χ2v) is 3.30. The first-order valence-corrected chi connectivity index (χ1v) is 4.68. The number of hydrogen-bond acceptors (Lipinski definition) is 4. The number of aromatic nitrogens is 2. The summed E-state index contributed by atoms with van der Waals surface area (Å²) >= 11 is 0. The summed E-state index contributed by atoms with van der Waals surface area (Å²) in [5.74, 6) is 1.33. The molecule has 0 amide bonds. The van der Waals surface area contributed by atoms with Crippen LogP contribution >= 0.6 is 0 Å². The van der Waals surface area contributed by atoms with Gasteiger partial charge >= 0.3 is 0 Å². The van der Waals surface area contributed by atoms with Crippen molar-refractivity contribution in [3.05, 3.63) is 17.8 Å². The highest BCUT2D eigenvalue weighted by molar-refractivity contribution is 5.92. The highest BCUT2D eigenvalue weighted by Gasteiger charge is 2.06. The van der Waals surface area contributed by atoms with Crippen LogP contribution in [0.1, 0.15) is 44.8 Å². The first-order chi connectivity index (χ1) is 6.63. The molecule has 0 unspecified atom stereocenters. The Morgan fingerprint density at radius 1 is 1.57 bits per heavy atom. The fourth-order valence-electron chi connectivity index (χ4n) is 0.832. The summed E-state index contributed by atoms with van der Waals surface area (Å²) < 4.78 is 4.92. The van der Waals surface area contributed by atoms with E-state index in [9.17, 15) is 4.79 Å². The third-order valence-electron chi connectivity index (χ3n) is 1.73. The molecule has 1 aromatic rings. The summed E-state index contributed by atoms with van der Waals surface area (Å²) in [4.78, 5) is 15.0. The Morgan fingerprint density at radius 2 is 2.29 bits per heavy atom. The lowest BCUT2D eigenvalue weighted by molar-refractivity contribution is -0.114. The summed E-state index contributed by atoms with van der Waals surface area (Å²) in [5.41, 5.74) is 0. The SMILES string of the molecule is CCC(=O)/C=C/c1nc(C(C)C)no1. The molecule has 0 atom stereocenters. The first-order valence-electron chi connectivity index (χ1n) is 4.68. The maximum Gasteiger partial charge on any atom is 0.250 e. The summed E-state index contributed by atoms with van der Waals surface area (Å²) in [7, 11) is 0. The molecule has 1 rings (SSSR count). The average Bonchev–Trinajstić information content (AvgIpc) is 2.62. The number of rotatable bonds is 4. The minimum absolute atomic E-state index is 0.0503. The molecule has 0 fully saturated rings. The lowest BCUT2D eigenvalue weighted by Gasteiger charge is -1.91. The van der Waals surface area contributed by atoms with E-state index in [-0.39, 0.29) is 11.7 Å². The molecule has 14 heavy (non-hydrogen) atoms. The van der Waals surface area contributed by atoms with Gasteiger partial charge in [-0.25, -0.2) is 0 Å². The summed E-state index contributed by atoms with van der Waals surface area (Å²) in [6, 6.07) is 0. The molecule has 0 bridgehead atoms. The predicted octanol–water partition coefficient (Wildman–Crippen LogP) is 2.19. The molecule has 4 nitrogen and oxygen atoms in total. The zero-order valence-electron chi connectivity index (χ0n) is 8.65. The van der Waals surface area contributed by atoms with Crippen LogP contribution in [0.25, 0.3) is 6.08 Å². The molecule has 0 aliphatic heterocycles. The van der Waals surface area contributed by atoms with Crippen LogP contribution in [0.3, 0.4) is 0 Å². The second-order valence-electron chi connectivity index (χ2n) is 3.30. The number of carbonyl (C=O) groups excluding carboxylic acids is 1. The van der Waals surface area contributed by atoms with Crippen molar-refractivity contribution in [1.29, 1.82) is 0 Å². The fraction of sp³-hybridized carbons (Fsp3) is 0.500. The lowest BCUT2D eigenvalue weighted by Crippen LogP contribution is -1.89. The Morgan fingerprint density at radius 3 is 2.79 bits per heavy atom. The van der Waals surface area contributed by atoms with E-state index in [1.54, 1.807) is 13.0 Å². The molecule has 0 aromatic carbocycles. The van der Waals surface area contributed by atoms with Crippen molar-refractivity contribution in [3.8, 4) is 0 Å². The molecule has 0 saturated carbocycles. The second kappa shape index (κ2) is 4.69. The Bertz CT molecular complexity index is 340. The zero-order valence-corrected chi connectivity index (χ0v) is 8.65. The maximum absolute atomic E-state index is 10.9. The van der Waals surface area contributed by atoms with E-state index in [2.05, 4.69) is 10.1 Å². The van der Waals surface area contributed by atoms with E-state index in [1.165, 1.54) is 6.08 Å². The Hall–Kier alpha value is -1.45. The molecule has 4 heteroatoms. The Balaban J connectivity index is 2.68. The van der Waals surface area contributed by atoms with Crippen LogP contribution in [-0.4, -0.2) is 15.9 Å². The van der Waals surface area contributed by atoms with E-state index in [0.717, 1.165) is 0 Å². The van der Waals surface area contributed by atoms with Gasteiger partial charge in [-0.2, -0.15) is 4.98 Å². The highest BCUT2D eigenvalue weighted by Crippen LogP contribution is 2.10. The van der Waals surface area contributed by atoms with Gasteiger partial charge in [0, 0.05) is 18.4 Å². The van der Waals surface area contributed by atoms with Crippen LogP contribution in [-0.2, 0) is 4.79 Å². The van der Waals surface area contributed by atoms with Crippen molar-refractivity contribution < 1.29 is 9.32 Å². The van der Waals surface area contributed by atoms with Gasteiger partial charge in [0.2, 0.25) is 0 Å². The van der Waals surface area contributed by atoms with Gasteiger partial charge in [0.05, 0.1) is 0 Å². The van der Waals surface area contributed by atoms with E-state index in [1.807, 2.05) is 13.8 Å². The van der Waals surface area contributed by atoms with Crippen LogP contribution in [0.5, 0.6) is 0 Å². The van der Waals surface area contributed by atoms with Crippen molar-refractivity contribution >= 4 is 11.9 Å². The monoisotopic (exact) mass is 194 g/mol. The minimum Gasteiger partial charge on any atom is -0.335 e. The summed E-state index contributed by atoms with van der Waals surface area (Å²) in [5, 5.41) is 3.77. The topological polar surface area (TPSA) is 56.0 Å². The molecule has 0 saturated heterocycles. The van der Waals surface area contributed by atoms with Gasteiger partial charge in [-0.1, -0.05) is 25.9 Å². The van der Waals surface area contributed by atoms with Crippen molar-refractivity contribution in [1.82, 2.24) is 10.1 Å². The van der Waals surface area contributed by atoms with E-state index >= 15 is 0 Å². The lowest BCUT2D eigenvalue weighted by atomic mass is 10.2. The van der Waals surface area contributed by atoms with E-state index < -0.39 is 0 Å². The molecule has 0 N–H and O–H groups in total. The van der Waals surface area contributed by atoms with Crippen molar-refractivity contribution in [2.24, 2.45) is 0 Å². The number of nitrogens with zero attached hydrogens (tertiary/aromatic N) is 2. The molecule has 1 aromatic heterocycles. The van der Waals surface area contributed by atoms with Gasteiger partial charge in [-0.3, -0.25) is 4.79 Å². The van der Waals surface area contributed by atoms with Gasteiger partial charge in [-0.05, 0) is 6.08 Å². The Labute approximate surface area is 83.0 Å².